The molecule has 0 saturated heterocycles. The number of nitrogens with zero attached hydrogens (tertiary/aromatic N) is 2. The smallest absolute Gasteiger partial charge is 0.153 e. The summed E-state index contributed by atoms with van der Waals surface area (Å²) in [6, 6.07) is 39.7. The van der Waals surface area contributed by atoms with Gasteiger partial charge >= 0.3 is 0 Å². The molecule has 3 heteroatoms. The fourth-order valence-electron chi connectivity index (χ4n) is 4.18. The Labute approximate surface area is 186 Å². The van der Waals surface area contributed by atoms with Crippen molar-refractivity contribution in [2.24, 2.45) is 0 Å². The van der Waals surface area contributed by atoms with Gasteiger partial charge in [0, 0.05) is 34.7 Å². The summed E-state index contributed by atoms with van der Waals surface area (Å²) in [4.78, 5) is 6.74. The number of pyridine rings is 1. The zero-order valence-electron chi connectivity index (χ0n) is 17.3. The minimum Gasteiger partial charge on any atom is -0.454 e. The molecule has 4 aromatic carbocycles. The van der Waals surface area contributed by atoms with Crippen molar-refractivity contribution in [3.8, 4) is 11.1 Å². The molecule has 0 aliphatic rings. The van der Waals surface area contributed by atoms with E-state index in [1.165, 1.54) is 11.1 Å². The standard InChI is InChI=1S/C29H20N2O/c1-3-8-21(9-4-1)22-13-15-24(16-14-22)31(23-10-5-2-6-11-23)25-17-18-26-28(20-25)32-27-12-7-19-30-29(26)27/h1-20H. The van der Waals surface area contributed by atoms with E-state index in [0.29, 0.717) is 0 Å². The van der Waals surface area contributed by atoms with E-state index in [1.807, 2.05) is 24.3 Å². The van der Waals surface area contributed by atoms with E-state index in [9.17, 15) is 0 Å². The number of para-hydroxylation sites is 1. The van der Waals surface area contributed by atoms with Crippen LogP contribution < -0.4 is 4.90 Å². The summed E-state index contributed by atoms with van der Waals surface area (Å²) in [5.74, 6) is 0. The summed E-state index contributed by atoms with van der Waals surface area (Å²) in [7, 11) is 0. The molecule has 0 N–H and O–H groups in total. The quantitative estimate of drug-likeness (QED) is 0.293. The highest BCUT2D eigenvalue weighted by molar-refractivity contribution is 6.03. The first kappa shape index (κ1) is 18.4. The average molecular weight is 412 g/mol. The number of hydrogen-bond acceptors (Lipinski definition) is 3. The third-order valence-corrected chi connectivity index (χ3v) is 5.72. The molecule has 0 bridgehead atoms. The van der Waals surface area contributed by atoms with Gasteiger partial charge in [-0.15, -0.1) is 0 Å². The van der Waals surface area contributed by atoms with Crippen molar-refractivity contribution >= 4 is 39.1 Å². The van der Waals surface area contributed by atoms with Crippen LogP contribution in [-0.2, 0) is 0 Å². The van der Waals surface area contributed by atoms with Gasteiger partial charge in [0.15, 0.2) is 5.58 Å². The van der Waals surface area contributed by atoms with E-state index in [-0.39, 0.29) is 0 Å². The number of hydrogen-bond donors (Lipinski definition) is 0. The number of anilines is 3. The molecule has 0 radical (unpaired) electrons. The van der Waals surface area contributed by atoms with E-state index < -0.39 is 0 Å². The molecule has 32 heavy (non-hydrogen) atoms. The summed E-state index contributed by atoms with van der Waals surface area (Å²) in [6.07, 6.45) is 1.80. The zero-order chi connectivity index (χ0) is 21.3. The third kappa shape index (κ3) is 3.21. The van der Waals surface area contributed by atoms with Gasteiger partial charge in [0.2, 0.25) is 0 Å². The lowest BCUT2D eigenvalue weighted by Gasteiger charge is -2.25. The van der Waals surface area contributed by atoms with Crippen molar-refractivity contribution in [3.05, 3.63) is 121 Å². The number of benzene rings is 4. The maximum atomic E-state index is 6.10. The molecule has 0 aliphatic heterocycles. The van der Waals surface area contributed by atoms with E-state index >= 15 is 0 Å². The summed E-state index contributed by atoms with van der Waals surface area (Å²) < 4.78 is 6.10. The zero-order valence-corrected chi connectivity index (χ0v) is 17.3. The first-order valence-electron chi connectivity index (χ1n) is 10.6. The minimum atomic E-state index is 0.804. The number of aromatic nitrogens is 1. The molecule has 0 aliphatic carbocycles. The third-order valence-electron chi connectivity index (χ3n) is 5.72. The van der Waals surface area contributed by atoms with Gasteiger partial charge in [-0.3, -0.25) is 4.98 Å². The fourth-order valence-corrected chi connectivity index (χ4v) is 4.18. The van der Waals surface area contributed by atoms with Crippen LogP contribution in [0.1, 0.15) is 0 Å². The highest BCUT2D eigenvalue weighted by atomic mass is 16.3. The highest BCUT2D eigenvalue weighted by Gasteiger charge is 2.15. The molecule has 0 saturated carbocycles. The second kappa shape index (κ2) is 7.71. The molecule has 0 spiro atoms. The fraction of sp³-hybridized carbons (Fsp3) is 0. The van der Waals surface area contributed by atoms with Crippen molar-refractivity contribution in [2.75, 3.05) is 4.90 Å². The first-order valence-corrected chi connectivity index (χ1v) is 10.6. The van der Waals surface area contributed by atoms with Gasteiger partial charge in [0.1, 0.15) is 11.1 Å². The van der Waals surface area contributed by atoms with Crippen molar-refractivity contribution in [2.45, 2.75) is 0 Å². The molecule has 2 aromatic heterocycles. The van der Waals surface area contributed by atoms with Gasteiger partial charge in [-0.05, 0) is 59.7 Å². The second-order valence-corrected chi connectivity index (χ2v) is 7.72. The number of fused-ring (bicyclic) bond motifs is 3. The van der Waals surface area contributed by atoms with Crippen LogP contribution in [0.15, 0.2) is 126 Å². The molecule has 2 heterocycles. The first-order chi connectivity index (χ1) is 15.9. The van der Waals surface area contributed by atoms with Crippen molar-refractivity contribution in [3.63, 3.8) is 0 Å². The molecule has 3 nitrogen and oxygen atoms in total. The van der Waals surface area contributed by atoms with Crippen molar-refractivity contribution in [1.82, 2.24) is 4.98 Å². The Morgan fingerprint density at radius 1 is 0.531 bits per heavy atom. The van der Waals surface area contributed by atoms with Gasteiger partial charge < -0.3 is 9.32 Å². The molecule has 0 fully saturated rings. The lowest BCUT2D eigenvalue weighted by atomic mass is 10.0. The Balaban J connectivity index is 1.48. The van der Waals surface area contributed by atoms with Crippen LogP contribution in [-0.4, -0.2) is 4.98 Å². The van der Waals surface area contributed by atoms with Crippen molar-refractivity contribution < 1.29 is 4.42 Å². The van der Waals surface area contributed by atoms with E-state index in [1.54, 1.807) is 6.20 Å². The normalized spacial score (nSPS) is 11.1. The Kier molecular flexibility index (Phi) is 4.43. The minimum absolute atomic E-state index is 0.804. The predicted octanol–water partition coefficient (Wildman–Crippen LogP) is 8.12. The predicted molar refractivity (Wildman–Crippen MR) is 132 cm³/mol. The summed E-state index contributed by atoms with van der Waals surface area (Å²) >= 11 is 0. The van der Waals surface area contributed by atoms with Gasteiger partial charge in [-0.2, -0.15) is 0 Å². The Morgan fingerprint density at radius 3 is 1.97 bits per heavy atom. The average Bonchev–Trinajstić information content (AvgIpc) is 3.24. The van der Waals surface area contributed by atoms with E-state index in [4.69, 9.17) is 4.42 Å². The molecule has 6 rings (SSSR count). The SMILES string of the molecule is c1ccc(-c2ccc(N(c3ccccc3)c3ccc4c(c3)oc3cccnc34)cc2)cc1. The van der Waals surface area contributed by atoms with Crippen LogP contribution >= 0.6 is 0 Å². The lowest BCUT2D eigenvalue weighted by Crippen LogP contribution is -2.09. The van der Waals surface area contributed by atoms with Crippen LogP contribution in [0.2, 0.25) is 0 Å². The number of furan rings is 1. The van der Waals surface area contributed by atoms with Crippen molar-refractivity contribution in [1.29, 1.82) is 0 Å². The van der Waals surface area contributed by atoms with Crippen LogP contribution in [0.5, 0.6) is 0 Å². The van der Waals surface area contributed by atoms with Crippen LogP contribution in [0, 0.1) is 0 Å². The maximum absolute atomic E-state index is 6.10. The summed E-state index contributed by atoms with van der Waals surface area (Å²) in [6.45, 7) is 0. The van der Waals surface area contributed by atoms with Crippen LogP contribution in [0.4, 0.5) is 17.1 Å². The molecule has 0 unspecified atom stereocenters. The molecule has 0 amide bonds. The molecular weight excluding hydrogens is 392 g/mol. The number of rotatable bonds is 4. The molecule has 0 atom stereocenters. The Morgan fingerprint density at radius 2 is 1.19 bits per heavy atom. The maximum Gasteiger partial charge on any atom is 0.153 e. The van der Waals surface area contributed by atoms with E-state index in [2.05, 4.69) is 101 Å². The topological polar surface area (TPSA) is 29.3 Å². The van der Waals surface area contributed by atoms with Gasteiger partial charge in [-0.25, -0.2) is 0 Å². The lowest BCUT2D eigenvalue weighted by molar-refractivity contribution is 0.668. The molecule has 6 aromatic rings. The second-order valence-electron chi connectivity index (χ2n) is 7.72. The highest BCUT2D eigenvalue weighted by Crippen LogP contribution is 2.38. The van der Waals surface area contributed by atoms with Gasteiger partial charge in [0.05, 0.1) is 0 Å². The van der Waals surface area contributed by atoms with Crippen LogP contribution in [0.25, 0.3) is 33.2 Å². The summed E-state index contributed by atoms with van der Waals surface area (Å²) in [5, 5.41) is 1.02. The van der Waals surface area contributed by atoms with E-state index in [0.717, 1.165) is 39.1 Å². The van der Waals surface area contributed by atoms with Gasteiger partial charge in [-0.1, -0.05) is 60.7 Å². The Hall–Kier alpha value is -4.37. The Bertz CT molecular complexity index is 1500. The largest absolute Gasteiger partial charge is 0.454 e. The van der Waals surface area contributed by atoms with Crippen LogP contribution in [0.3, 0.4) is 0 Å². The molecule has 152 valence electrons. The van der Waals surface area contributed by atoms with Gasteiger partial charge in [0.25, 0.3) is 0 Å². The summed E-state index contributed by atoms with van der Waals surface area (Å²) in [5.41, 5.74) is 8.15. The monoisotopic (exact) mass is 412 g/mol. The molecular formula is C29H20N2O.